The van der Waals surface area contributed by atoms with Crippen molar-refractivity contribution in [2.24, 2.45) is 0 Å². The number of carbonyl (C=O) groups excluding carboxylic acids is 1. The average molecular weight is 191 g/mol. The van der Waals surface area contributed by atoms with E-state index in [-0.39, 0.29) is 13.2 Å². The number of carboxylic acids is 1. The summed E-state index contributed by atoms with van der Waals surface area (Å²) in [5, 5.41) is 19.5. The van der Waals surface area contributed by atoms with Gasteiger partial charge in [0.2, 0.25) is 5.91 Å². The standard InChI is InChI=1S/C7H13NO5/c1-13-4-5(9)3-8-6(10)2-7(11)12/h5,9H,2-4H2,1H3,(H,8,10)(H,11,12). The summed E-state index contributed by atoms with van der Waals surface area (Å²) >= 11 is 0. The second-order valence-corrected chi connectivity index (χ2v) is 2.48. The maximum Gasteiger partial charge on any atom is 0.312 e. The Balaban J connectivity index is 3.51. The third-order valence-corrected chi connectivity index (χ3v) is 1.21. The van der Waals surface area contributed by atoms with Crippen molar-refractivity contribution < 1.29 is 24.5 Å². The highest BCUT2D eigenvalue weighted by Crippen LogP contribution is 1.83. The fourth-order valence-electron chi connectivity index (χ4n) is 0.683. The van der Waals surface area contributed by atoms with E-state index in [0.717, 1.165) is 0 Å². The minimum absolute atomic E-state index is 0.0000463. The predicted molar refractivity (Wildman–Crippen MR) is 43.1 cm³/mol. The number of carboxylic acid groups (broad SMARTS) is 1. The van der Waals surface area contributed by atoms with Crippen LogP contribution in [0.1, 0.15) is 6.42 Å². The molecule has 3 N–H and O–H groups in total. The molecule has 0 aromatic heterocycles. The molecule has 0 aromatic carbocycles. The molecule has 0 spiro atoms. The van der Waals surface area contributed by atoms with E-state index in [2.05, 4.69) is 10.1 Å². The van der Waals surface area contributed by atoms with Gasteiger partial charge in [-0.2, -0.15) is 0 Å². The molecule has 0 aliphatic rings. The van der Waals surface area contributed by atoms with Crippen molar-refractivity contribution in [1.29, 1.82) is 0 Å². The van der Waals surface area contributed by atoms with Gasteiger partial charge in [0.1, 0.15) is 6.42 Å². The van der Waals surface area contributed by atoms with Crippen LogP contribution >= 0.6 is 0 Å². The molecule has 0 saturated carbocycles. The Bertz CT molecular complexity index is 182. The minimum Gasteiger partial charge on any atom is -0.481 e. The minimum atomic E-state index is -1.20. The van der Waals surface area contributed by atoms with Crippen molar-refractivity contribution in [2.45, 2.75) is 12.5 Å². The first-order valence-corrected chi connectivity index (χ1v) is 3.71. The number of aliphatic carboxylic acids is 1. The first-order valence-electron chi connectivity index (χ1n) is 3.71. The molecular formula is C7H13NO5. The number of amides is 1. The molecule has 1 amide bonds. The monoisotopic (exact) mass is 191 g/mol. The van der Waals surface area contributed by atoms with Gasteiger partial charge in [-0.1, -0.05) is 0 Å². The second kappa shape index (κ2) is 6.38. The van der Waals surface area contributed by atoms with E-state index >= 15 is 0 Å². The highest BCUT2D eigenvalue weighted by atomic mass is 16.5. The number of methoxy groups -OCH3 is 1. The summed E-state index contributed by atoms with van der Waals surface area (Å²) in [4.78, 5) is 20.8. The summed E-state index contributed by atoms with van der Waals surface area (Å²) < 4.78 is 4.60. The number of ether oxygens (including phenoxy) is 1. The zero-order valence-electron chi connectivity index (χ0n) is 7.32. The van der Waals surface area contributed by atoms with Crippen LogP contribution in [0.25, 0.3) is 0 Å². The van der Waals surface area contributed by atoms with E-state index in [1.807, 2.05) is 0 Å². The van der Waals surface area contributed by atoms with Gasteiger partial charge in [-0.15, -0.1) is 0 Å². The highest BCUT2D eigenvalue weighted by Gasteiger charge is 2.09. The normalized spacial score (nSPS) is 12.2. The maximum atomic E-state index is 10.7. The average Bonchev–Trinajstić information content (AvgIpc) is 2.00. The Morgan fingerprint density at radius 2 is 2.15 bits per heavy atom. The molecule has 0 bridgehead atoms. The van der Waals surface area contributed by atoms with Gasteiger partial charge in [0, 0.05) is 13.7 Å². The van der Waals surface area contributed by atoms with Gasteiger partial charge in [0.15, 0.2) is 0 Å². The smallest absolute Gasteiger partial charge is 0.312 e. The van der Waals surface area contributed by atoms with Gasteiger partial charge in [-0.05, 0) is 0 Å². The first-order chi connectivity index (χ1) is 6.06. The Morgan fingerprint density at radius 3 is 2.62 bits per heavy atom. The van der Waals surface area contributed by atoms with Crippen LogP contribution in [-0.4, -0.2) is 48.5 Å². The molecule has 0 rings (SSSR count). The van der Waals surface area contributed by atoms with Crippen LogP contribution in [0.3, 0.4) is 0 Å². The van der Waals surface area contributed by atoms with Crippen LogP contribution in [0.15, 0.2) is 0 Å². The maximum absolute atomic E-state index is 10.7. The molecule has 76 valence electrons. The molecule has 0 saturated heterocycles. The molecule has 0 aliphatic carbocycles. The number of hydrogen-bond acceptors (Lipinski definition) is 4. The lowest BCUT2D eigenvalue weighted by atomic mass is 10.3. The van der Waals surface area contributed by atoms with E-state index in [1.54, 1.807) is 0 Å². The third kappa shape index (κ3) is 7.23. The molecule has 6 nitrogen and oxygen atoms in total. The summed E-state index contributed by atoms with van der Waals surface area (Å²) in [5.41, 5.74) is 0. The quantitative estimate of drug-likeness (QED) is 0.448. The van der Waals surface area contributed by atoms with Crippen LogP contribution in [0.2, 0.25) is 0 Å². The molecule has 0 aliphatic heterocycles. The van der Waals surface area contributed by atoms with Gasteiger partial charge < -0.3 is 20.3 Å². The number of aliphatic hydroxyl groups excluding tert-OH is 1. The van der Waals surface area contributed by atoms with Gasteiger partial charge in [0.25, 0.3) is 0 Å². The summed E-state index contributed by atoms with van der Waals surface area (Å²) in [6.07, 6.45) is -1.39. The lowest BCUT2D eigenvalue weighted by Gasteiger charge is -2.09. The van der Waals surface area contributed by atoms with E-state index in [9.17, 15) is 9.59 Å². The van der Waals surface area contributed by atoms with Crippen molar-refractivity contribution in [3.63, 3.8) is 0 Å². The molecule has 13 heavy (non-hydrogen) atoms. The van der Waals surface area contributed by atoms with Crippen LogP contribution in [-0.2, 0) is 14.3 Å². The lowest BCUT2D eigenvalue weighted by molar-refractivity contribution is -0.140. The van der Waals surface area contributed by atoms with E-state index in [0.29, 0.717) is 0 Å². The van der Waals surface area contributed by atoms with Crippen molar-refractivity contribution >= 4 is 11.9 Å². The van der Waals surface area contributed by atoms with E-state index < -0.39 is 24.4 Å². The Labute approximate surface area is 75.5 Å². The van der Waals surface area contributed by atoms with E-state index in [4.69, 9.17) is 10.2 Å². The summed E-state index contributed by atoms with van der Waals surface area (Å²) in [5.74, 6) is -1.82. The lowest BCUT2D eigenvalue weighted by Crippen LogP contribution is -2.35. The Hall–Kier alpha value is -1.14. The van der Waals surface area contributed by atoms with Gasteiger partial charge in [-0.25, -0.2) is 0 Å². The summed E-state index contributed by atoms with van der Waals surface area (Å²) in [6, 6.07) is 0. The molecule has 1 atom stereocenters. The second-order valence-electron chi connectivity index (χ2n) is 2.48. The number of aliphatic hydroxyl groups is 1. The van der Waals surface area contributed by atoms with Gasteiger partial charge in [0.05, 0.1) is 12.7 Å². The topological polar surface area (TPSA) is 95.9 Å². The van der Waals surface area contributed by atoms with E-state index in [1.165, 1.54) is 7.11 Å². The number of carbonyl (C=O) groups is 2. The molecule has 0 heterocycles. The van der Waals surface area contributed by atoms with Crippen molar-refractivity contribution in [3.05, 3.63) is 0 Å². The van der Waals surface area contributed by atoms with Crippen LogP contribution in [0.4, 0.5) is 0 Å². The molecule has 1 unspecified atom stereocenters. The summed E-state index contributed by atoms with van der Waals surface area (Å²) in [7, 11) is 1.42. The van der Waals surface area contributed by atoms with Crippen LogP contribution < -0.4 is 5.32 Å². The fourth-order valence-corrected chi connectivity index (χ4v) is 0.683. The number of hydrogen-bond donors (Lipinski definition) is 3. The molecule has 6 heteroatoms. The van der Waals surface area contributed by atoms with Crippen LogP contribution in [0, 0.1) is 0 Å². The Morgan fingerprint density at radius 1 is 1.54 bits per heavy atom. The van der Waals surface area contributed by atoms with Crippen molar-refractivity contribution in [3.8, 4) is 0 Å². The van der Waals surface area contributed by atoms with Gasteiger partial charge >= 0.3 is 5.97 Å². The molecular weight excluding hydrogens is 178 g/mol. The van der Waals surface area contributed by atoms with Crippen molar-refractivity contribution in [1.82, 2.24) is 5.32 Å². The third-order valence-electron chi connectivity index (χ3n) is 1.21. The molecule has 0 radical (unpaired) electrons. The van der Waals surface area contributed by atoms with Crippen LogP contribution in [0.5, 0.6) is 0 Å². The molecule has 0 fully saturated rings. The van der Waals surface area contributed by atoms with Gasteiger partial charge in [-0.3, -0.25) is 9.59 Å². The fraction of sp³-hybridized carbons (Fsp3) is 0.714. The highest BCUT2D eigenvalue weighted by molar-refractivity contribution is 5.93. The zero-order valence-corrected chi connectivity index (χ0v) is 7.32. The summed E-state index contributed by atoms with van der Waals surface area (Å²) in [6.45, 7) is 0.104. The molecule has 0 aromatic rings. The Kier molecular flexibility index (Phi) is 5.82. The SMILES string of the molecule is COCC(O)CNC(=O)CC(=O)O. The zero-order chi connectivity index (χ0) is 10.3. The number of rotatable bonds is 6. The first kappa shape index (κ1) is 11.9. The largest absolute Gasteiger partial charge is 0.481 e. The van der Waals surface area contributed by atoms with Crippen molar-refractivity contribution in [2.75, 3.05) is 20.3 Å². The predicted octanol–water partition coefficient (Wildman–Crippen LogP) is -1.42. The number of nitrogens with one attached hydrogen (secondary N) is 1.